The Morgan fingerprint density at radius 1 is 0.969 bits per heavy atom. The molecule has 3 aromatic carbocycles. The number of hydrogen-bond donors (Lipinski definition) is 3. The van der Waals surface area contributed by atoms with E-state index in [-0.39, 0.29) is 16.5 Å². The number of rotatable bonds is 7. The minimum Gasteiger partial charge on any atom is -0.342 e. The summed E-state index contributed by atoms with van der Waals surface area (Å²) in [5, 5.41) is 2.60. The molecule has 0 unspecified atom stereocenters. The van der Waals surface area contributed by atoms with Gasteiger partial charge in [-0.15, -0.1) is 0 Å². The fourth-order valence-corrected chi connectivity index (χ4v) is 4.91. The van der Waals surface area contributed by atoms with Crippen molar-refractivity contribution in [1.82, 2.24) is 9.97 Å². The van der Waals surface area contributed by atoms with E-state index in [2.05, 4.69) is 20.0 Å². The molecular weight excluding hydrogens is 424 g/mol. The van der Waals surface area contributed by atoms with E-state index in [0.717, 1.165) is 28.0 Å². The second-order valence-corrected chi connectivity index (χ2v) is 9.29. The molecule has 0 aliphatic heterocycles. The summed E-state index contributed by atoms with van der Waals surface area (Å²) in [6, 6.07) is 20.0. The van der Waals surface area contributed by atoms with Crippen LogP contribution in [0.2, 0.25) is 0 Å². The molecule has 0 aliphatic carbocycles. The van der Waals surface area contributed by atoms with Crippen molar-refractivity contribution in [2.45, 2.75) is 31.6 Å². The van der Waals surface area contributed by atoms with E-state index in [9.17, 15) is 13.2 Å². The number of nitrogens with zero attached hydrogens (tertiary/aromatic N) is 1. The summed E-state index contributed by atoms with van der Waals surface area (Å²) in [6.45, 7) is 3.15. The lowest BCUT2D eigenvalue weighted by atomic mass is 10.1. The van der Waals surface area contributed by atoms with Crippen LogP contribution in [0, 0.1) is 6.92 Å². The van der Waals surface area contributed by atoms with Gasteiger partial charge in [-0.25, -0.2) is 13.4 Å². The van der Waals surface area contributed by atoms with E-state index in [0.29, 0.717) is 18.5 Å². The summed E-state index contributed by atoms with van der Waals surface area (Å²) in [7, 11) is -3.93. The maximum atomic E-state index is 13.2. The number of carbonyl (C=O) groups excluding carboxylic acids is 1. The molecule has 4 rings (SSSR count). The molecule has 1 heterocycles. The van der Waals surface area contributed by atoms with E-state index in [4.69, 9.17) is 0 Å². The van der Waals surface area contributed by atoms with E-state index in [1.54, 1.807) is 37.3 Å². The third kappa shape index (κ3) is 4.81. The summed E-state index contributed by atoms with van der Waals surface area (Å²) in [5.74, 6) is 0.507. The Bertz CT molecular complexity index is 1360. The molecule has 3 N–H and O–H groups in total. The summed E-state index contributed by atoms with van der Waals surface area (Å²) >= 11 is 0. The van der Waals surface area contributed by atoms with Crippen LogP contribution >= 0.6 is 0 Å². The summed E-state index contributed by atoms with van der Waals surface area (Å²) in [6.07, 6.45) is 1.24. The summed E-state index contributed by atoms with van der Waals surface area (Å²) in [5.41, 5.74) is 4.25. The van der Waals surface area contributed by atoms with Gasteiger partial charge >= 0.3 is 0 Å². The molecule has 0 spiro atoms. The molecule has 4 aromatic rings. The number of nitrogens with one attached hydrogen (secondary N) is 3. The maximum Gasteiger partial charge on any atom is 0.263 e. The number of imidazole rings is 1. The Morgan fingerprint density at radius 2 is 1.72 bits per heavy atom. The zero-order valence-electron chi connectivity index (χ0n) is 17.8. The molecule has 0 bridgehead atoms. The van der Waals surface area contributed by atoms with Crippen LogP contribution in [-0.2, 0) is 27.7 Å². The zero-order chi connectivity index (χ0) is 22.7. The number of aromatic amines is 1. The number of amides is 1. The van der Waals surface area contributed by atoms with Crippen molar-refractivity contribution < 1.29 is 13.2 Å². The minimum absolute atomic E-state index is 0.0276. The van der Waals surface area contributed by atoms with Gasteiger partial charge in [0.2, 0.25) is 5.91 Å². The van der Waals surface area contributed by atoms with Gasteiger partial charge < -0.3 is 10.3 Å². The van der Waals surface area contributed by atoms with Gasteiger partial charge in [0.25, 0.3) is 10.0 Å². The van der Waals surface area contributed by atoms with Crippen LogP contribution in [0.3, 0.4) is 0 Å². The van der Waals surface area contributed by atoms with Crippen molar-refractivity contribution in [3.8, 4) is 0 Å². The van der Waals surface area contributed by atoms with Crippen LogP contribution in [0.15, 0.2) is 71.6 Å². The number of aromatic nitrogens is 2. The first-order valence-electron chi connectivity index (χ1n) is 10.2. The summed E-state index contributed by atoms with van der Waals surface area (Å²) in [4.78, 5) is 19.5. The Labute approximate surface area is 187 Å². The number of benzene rings is 3. The SMILES string of the molecule is CC(=O)Nc1ccc(C)cc1S(=O)(=O)Nc1ccccc1CCc1nc2ccccc2[nH]1. The van der Waals surface area contributed by atoms with Crippen LogP contribution in [0.5, 0.6) is 0 Å². The van der Waals surface area contributed by atoms with Crippen LogP contribution in [0.25, 0.3) is 11.0 Å². The number of anilines is 2. The van der Waals surface area contributed by atoms with Gasteiger partial charge in [-0.1, -0.05) is 36.4 Å². The van der Waals surface area contributed by atoms with Gasteiger partial charge in [0, 0.05) is 13.3 Å². The highest BCUT2D eigenvalue weighted by Crippen LogP contribution is 2.27. The van der Waals surface area contributed by atoms with Crippen molar-refractivity contribution in [1.29, 1.82) is 0 Å². The Hall–Kier alpha value is -3.65. The largest absolute Gasteiger partial charge is 0.342 e. The molecule has 164 valence electrons. The first-order valence-corrected chi connectivity index (χ1v) is 11.7. The molecule has 0 saturated heterocycles. The number of hydrogen-bond acceptors (Lipinski definition) is 4. The minimum atomic E-state index is -3.93. The van der Waals surface area contributed by atoms with Crippen LogP contribution in [0.1, 0.15) is 23.9 Å². The number of carbonyl (C=O) groups is 1. The first kappa shape index (κ1) is 21.6. The van der Waals surface area contributed by atoms with Crippen LogP contribution in [0.4, 0.5) is 11.4 Å². The quantitative estimate of drug-likeness (QED) is 0.389. The van der Waals surface area contributed by atoms with Gasteiger partial charge in [0.15, 0.2) is 0 Å². The Kier molecular flexibility index (Phi) is 5.96. The monoisotopic (exact) mass is 448 g/mol. The predicted octanol–water partition coefficient (Wildman–Crippen LogP) is 4.42. The number of para-hydroxylation sites is 3. The second kappa shape index (κ2) is 8.84. The second-order valence-electron chi connectivity index (χ2n) is 7.64. The molecule has 7 nitrogen and oxygen atoms in total. The van der Waals surface area contributed by atoms with Crippen molar-refractivity contribution in [3.63, 3.8) is 0 Å². The van der Waals surface area contributed by atoms with E-state index < -0.39 is 10.0 Å². The normalized spacial score (nSPS) is 11.4. The molecule has 0 fully saturated rings. The molecule has 0 radical (unpaired) electrons. The third-order valence-corrected chi connectivity index (χ3v) is 6.47. The highest BCUT2D eigenvalue weighted by molar-refractivity contribution is 7.92. The van der Waals surface area contributed by atoms with Gasteiger partial charge in [-0.05, 0) is 54.8 Å². The Morgan fingerprint density at radius 3 is 2.50 bits per heavy atom. The zero-order valence-corrected chi connectivity index (χ0v) is 18.7. The topological polar surface area (TPSA) is 104 Å². The van der Waals surface area contributed by atoms with Crippen molar-refractivity contribution in [3.05, 3.63) is 83.7 Å². The lowest BCUT2D eigenvalue weighted by Crippen LogP contribution is -2.18. The van der Waals surface area contributed by atoms with Crippen molar-refractivity contribution in [2.75, 3.05) is 10.0 Å². The molecule has 32 heavy (non-hydrogen) atoms. The molecule has 1 aromatic heterocycles. The molecule has 0 aliphatic rings. The number of H-pyrrole nitrogens is 1. The molecule has 0 atom stereocenters. The standard InChI is InChI=1S/C24H24N4O3S/c1-16-11-13-22(25-17(2)29)23(15-16)32(30,31)28-19-8-4-3-7-18(19)12-14-24-26-20-9-5-6-10-21(20)27-24/h3-11,13,15,28H,12,14H2,1-2H3,(H,25,29)(H,26,27). The number of sulfonamides is 1. The average Bonchev–Trinajstić information content (AvgIpc) is 3.17. The fourth-order valence-electron chi connectivity index (χ4n) is 3.56. The van der Waals surface area contributed by atoms with Crippen LogP contribution < -0.4 is 10.0 Å². The van der Waals surface area contributed by atoms with E-state index in [1.165, 1.54) is 6.92 Å². The summed E-state index contributed by atoms with van der Waals surface area (Å²) < 4.78 is 29.1. The Balaban J connectivity index is 1.59. The van der Waals surface area contributed by atoms with E-state index >= 15 is 0 Å². The van der Waals surface area contributed by atoms with Gasteiger partial charge in [-0.2, -0.15) is 0 Å². The van der Waals surface area contributed by atoms with Crippen LogP contribution in [-0.4, -0.2) is 24.3 Å². The number of fused-ring (bicyclic) bond motifs is 1. The lowest BCUT2D eigenvalue weighted by molar-refractivity contribution is -0.114. The molecular formula is C24H24N4O3S. The van der Waals surface area contributed by atoms with Gasteiger partial charge in [-0.3, -0.25) is 9.52 Å². The van der Waals surface area contributed by atoms with Crippen molar-refractivity contribution in [2.24, 2.45) is 0 Å². The molecule has 0 saturated carbocycles. The third-order valence-electron chi connectivity index (χ3n) is 5.07. The highest BCUT2D eigenvalue weighted by atomic mass is 32.2. The number of aryl methyl sites for hydroxylation is 3. The van der Waals surface area contributed by atoms with Gasteiger partial charge in [0.1, 0.15) is 10.7 Å². The smallest absolute Gasteiger partial charge is 0.263 e. The lowest BCUT2D eigenvalue weighted by Gasteiger charge is -2.15. The highest BCUT2D eigenvalue weighted by Gasteiger charge is 2.21. The first-order chi connectivity index (χ1) is 15.3. The average molecular weight is 449 g/mol. The van der Waals surface area contributed by atoms with Crippen molar-refractivity contribution >= 4 is 38.3 Å². The fraction of sp³-hybridized carbons (Fsp3) is 0.167. The molecule has 1 amide bonds. The molecule has 8 heteroatoms. The predicted molar refractivity (Wildman–Crippen MR) is 126 cm³/mol. The maximum absolute atomic E-state index is 13.2. The van der Waals surface area contributed by atoms with Gasteiger partial charge in [0.05, 0.1) is 22.4 Å². The van der Waals surface area contributed by atoms with E-state index in [1.807, 2.05) is 36.4 Å².